The monoisotopic (exact) mass is 441 g/mol. The van der Waals surface area contributed by atoms with Crippen molar-refractivity contribution in [3.8, 4) is 27.7 Å². The highest BCUT2D eigenvalue weighted by Crippen LogP contribution is 2.43. The van der Waals surface area contributed by atoms with E-state index < -0.39 is 0 Å². The van der Waals surface area contributed by atoms with Crippen LogP contribution >= 0.6 is 22.9 Å². The SMILES string of the molecule is CNCc1ccc2nc(-c3nc(N)sc3-c3cc(Cl)ccc3OCC(C)C)[nH]c2c1. The van der Waals surface area contributed by atoms with Gasteiger partial charge in [-0.3, -0.25) is 0 Å². The minimum Gasteiger partial charge on any atom is -0.493 e. The summed E-state index contributed by atoms with van der Waals surface area (Å²) in [5.74, 6) is 1.83. The van der Waals surface area contributed by atoms with Crippen molar-refractivity contribution in [2.75, 3.05) is 19.4 Å². The van der Waals surface area contributed by atoms with E-state index in [1.54, 1.807) is 0 Å². The lowest BCUT2D eigenvalue weighted by Crippen LogP contribution is -2.05. The molecule has 0 saturated heterocycles. The first kappa shape index (κ1) is 20.7. The van der Waals surface area contributed by atoms with E-state index >= 15 is 0 Å². The number of nitrogen functional groups attached to an aromatic ring is 1. The van der Waals surface area contributed by atoms with Crippen LogP contribution in [0.3, 0.4) is 0 Å². The summed E-state index contributed by atoms with van der Waals surface area (Å²) < 4.78 is 6.05. The lowest BCUT2D eigenvalue weighted by Gasteiger charge is -2.13. The smallest absolute Gasteiger partial charge is 0.181 e. The molecule has 0 saturated carbocycles. The lowest BCUT2D eigenvalue weighted by molar-refractivity contribution is 0.272. The first-order valence-electron chi connectivity index (χ1n) is 9.77. The number of thiazole rings is 1. The Bertz CT molecular complexity index is 1180. The summed E-state index contributed by atoms with van der Waals surface area (Å²) in [6.45, 7) is 5.63. The quantitative estimate of drug-likeness (QED) is 0.360. The van der Waals surface area contributed by atoms with E-state index in [9.17, 15) is 0 Å². The van der Waals surface area contributed by atoms with E-state index in [1.807, 2.05) is 31.3 Å². The molecule has 30 heavy (non-hydrogen) atoms. The summed E-state index contributed by atoms with van der Waals surface area (Å²) in [7, 11) is 1.93. The molecule has 0 atom stereocenters. The second-order valence-corrected chi connectivity index (χ2v) is 9.01. The number of nitrogens with zero attached hydrogens (tertiary/aromatic N) is 2. The van der Waals surface area contributed by atoms with Gasteiger partial charge < -0.3 is 20.8 Å². The van der Waals surface area contributed by atoms with Crippen LogP contribution < -0.4 is 15.8 Å². The number of benzene rings is 2. The molecule has 0 aliphatic rings. The molecule has 0 unspecified atom stereocenters. The van der Waals surface area contributed by atoms with Gasteiger partial charge in [0.25, 0.3) is 0 Å². The van der Waals surface area contributed by atoms with Gasteiger partial charge in [0, 0.05) is 17.1 Å². The minimum absolute atomic E-state index is 0.404. The molecule has 8 heteroatoms. The summed E-state index contributed by atoms with van der Waals surface area (Å²) in [6, 6.07) is 11.8. The lowest BCUT2D eigenvalue weighted by atomic mass is 10.1. The first-order valence-corrected chi connectivity index (χ1v) is 11.0. The summed E-state index contributed by atoms with van der Waals surface area (Å²) in [6.07, 6.45) is 0. The van der Waals surface area contributed by atoms with Gasteiger partial charge in [-0.2, -0.15) is 0 Å². The van der Waals surface area contributed by atoms with Crippen LogP contribution in [0.2, 0.25) is 5.02 Å². The summed E-state index contributed by atoms with van der Waals surface area (Å²) >= 11 is 7.71. The number of fused-ring (bicyclic) bond motifs is 1. The number of anilines is 1. The fourth-order valence-corrected chi connectivity index (χ4v) is 4.25. The van der Waals surface area contributed by atoms with Gasteiger partial charge in [-0.1, -0.05) is 42.9 Å². The molecule has 2 aromatic carbocycles. The van der Waals surface area contributed by atoms with E-state index in [1.165, 1.54) is 16.9 Å². The van der Waals surface area contributed by atoms with Crippen molar-refractivity contribution in [2.24, 2.45) is 5.92 Å². The molecule has 0 aliphatic carbocycles. The fraction of sp³-hybridized carbons (Fsp3) is 0.273. The van der Waals surface area contributed by atoms with Gasteiger partial charge >= 0.3 is 0 Å². The first-order chi connectivity index (χ1) is 14.4. The Kier molecular flexibility index (Phi) is 5.94. The van der Waals surface area contributed by atoms with E-state index in [-0.39, 0.29) is 0 Å². The Morgan fingerprint density at radius 1 is 1.20 bits per heavy atom. The Hall–Kier alpha value is -2.61. The molecule has 0 amide bonds. The Balaban J connectivity index is 1.80. The Labute approximate surface area is 184 Å². The van der Waals surface area contributed by atoms with Crippen LogP contribution in [-0.4, -0.2) is 28.6 Å². The molecule has 0 aliphatic heterocycles. The molecule has 4 rings (SSSR count). The maximum Gasteiger partial charge on any atom is 0.181 e. The standard InChI is InChI=1S/C22H24ClN5OS/c1-12(2)11-29-18-7-5-14(23)9-15(18)20-19(28-22(24)30-20)21-26-16-6-4-13(10-25-3)8-17(16)27-21/h4-9,12,25H,10-11H2,1-3H3,(H2,24,28)(H,26,27). The molecule has 4 N–H and O–H groups in total. The molecule has 2 aromatic heterocycles. The molecule has 0 spiro atoms. The number of imidazole rings is 1. The van der Waals surface area contributed by atoms with Crippen LogP contribution in [0.1, 0.15) is 19.4 Å². The van der Waals surface area contributed by atoms with E-state index in [4.69, 9.17) is 27.1 Å². The second kappa shape index (κ2) is 8.63. The summed E-state index contributed by atoms with van der Waals surface area (Å²) in [5.41, 5.74) is 10.7. The van der Waals surface area contributed by atoms with Crippen LogP contribution in [-0.2, 0) is 6.54 Å². The van der Waals surface area contributed by atoms with Crippen molar-refractivity contribution in [3.05, 3.63) is 47.0 Å². The largest absolute Gasteiger partial charge is 0.493 e. The average molecular weight is 442 g/mol. The van der Waals surface area contributed by atoms with Crippen molar-refractivity contribution >= 4 is 39.1 Å². The van der Waals surface area contributed by atoms with E-state index in [2.05, 4.69) is 41.3 Å². The number of rotatable bonds is 7. The number of nitrogens with two attached hydrogens (primary N) is 1. The zero-order valence-corrected chi connectivity index (χ0v) is 18.7. The third kappa shape index (κ3) is 4.28. The predicted molar refractivity (Wildman–Crippen MR) is 125 cm³/mol. The molecule has 2 heterocycles. The van der Waals surface area contributed by atoms with Gasteiger partial charge in [-0.15, -0.1) is 0 Å². The summed E-state index contributed by atoms with van der Waals surface area (Å²) in [5, 5.41) is 4.25. The maximum atomic E-state index is 6.31. The number of ether oxygens (including phenoxy) is 1. The highest BCUT2D eigenvalue weighted by molar-refractivity contribution is 7.19. The van der Waals surface area contributed by atoms with Crippen molar-refractivity contribution in [2.45, 2.75) is 20.4 Å². The highest BCUT2D eigenvalue weighted by Gasteiger charge is 2.21. The average Bonchev–Trinajstić information content (AvgIpc) is 3.30. The van der Waals surface area contributed by atoms with Gasteiger partial charge in [0.1, 0.15) is 11.4 Å². The molecular weight excluding hydrogens is 418 g/mol. The Morgan fingerprint density at radius 3 is 2.80 bits per heavy atom. The normalized spacial score (nSPS) is 11.5. The third-order valence-corrected chi connectivity index (χ3v) is 5.71. The van der Waals surface area contributed by atoms with Gasteiger partial charge in [0.05, 0.1) is 22.5 Å². The van der Waals surface area contributed by atoms with Gasteiger partial charge in [0.15, 0.2) is 11.0 Å². The number of H-pyrrole nitrogens is 1. The van der Waals surface area contributed by atoms with E-state index in [0.29, 0.717) is 34.2 Å². The number of aromatic nitrogens is 3. The third-order valence-electron chi connectivity index (χ3n) is 4.55. The summed E-state index contributed by atoms with van der Waals surface area (Å²) in [4.78, 5) is 13.6. The van der Waals surface area contributed by atoms with Gasteiger partial charge in [0.2, 0.25) is 0 Å². The molecule has 6 nitrogen and oxygen atoms in total. The van der Waals surface area contributed by atoms with Gasteiger partial charge in [-0.05, 0) is 48.9 Å². The second-order valence-electron chi connectivity index (χ2n) is 7.54. The zero-order chi connectivity index (χ0) is 21.3. The van der Waals surface area contributed by atoms with Crippen LogP contribution in [0.5, 0.6) is 5.75 Å². The molecule has 0 radical (unpaired) electrons. The number of halogens is 1. The number of aromatic amines is 1. The Morgan fingerprint density at radius 2 is 2.03 bits per heavy atom. The fourth-order valence-electron chi connectivity index (χ4n) is 3.22. The number of hydrogen-bond donors (Lipinski definition) is 3. The highest BCUT2D eigenvalue weighted by atomic mass is 35.5. The molecule has 4 aromatic rings. The molecule has 156 valence electrons. The topological polar surface area (TPSA) is 88.8 Å². The van der Waals surface area contributed by atoms with Crippen LogP contribution in [0.4, 0.5) is 5.13 Å². The van der Waals surface area contributed by atoms with Crippen molar-refractivity contribution in [3.63, 3.8) is 0 Å². The van der Waals surface area contributed by atoms with Crippen molar-refractivity contribution < 1.29 is 4.74 Å². The minimum atomic E-state index is 0.404. The number of hydrogen-bond acceptors (Lipinski definition) is 6. The molecule has 0 bridgehead atoms. The van der Waals surface area contributed by atoms with Crippen LogP contribution in [0.15, 0.2) is 36.4 Å². The molecule has 0 fully saturated rings. The number of nitrogens with one attached hydrogen (secondary N) is 2. The van der Waals surface area contributed by atoms with Crippen LogP contribution in [0.25, 0.3) is 33.0 Å². The zero-order valence-electron chi connectivity index (χ0n) is 17.1. The molecular formula is C22H24ClN5OS. The van der Waals surface area contributed by atoms with E-state index in [0.717, 1.165) is 33.8 Å². The maximum absolute atomic E-state index is 6.31. The van der Waals surface area contributed by atoms with Crippen molar-refractivity contribution in [1.82, 2.24) is 20.3 Å². The van der Waals surface area contributed by atoms with Gasteiger partial charge in [-0.25, -0.2) is 9.97 Å². The van der Waals surface area contributed by atoms with Crippen molar-refractivity contribution in [1.29, 1.82) is 0 Å². The predicted octanol–water partition coefficient (Wildman–Crippen LogP) is 5.34. The van der Waals surface area contributed by atoms with Crippen LogP contribution in [0, 0.1) is 5.92 Å².